The molecule has 6 nitrogen and oxygen atoms in total. The van der Waals surface area contributed by atoms with Crippen LogP contribution in [0.1, 0.15) is 39.0 Å². The van der Waals surface area contributed by atoms with Gasteiger partial charge in [-0.1, -0.05) is 32.6 Å². The van der Waals surface area contributed by atoms with Crippen molar-refractivity contribution < 1.29 is 0 Å². The van der Waals surface area contributed by atoms with E-state index in [1.807, 2.05) is 0 Å². The molecule has 19 heavy (non-hydrogen) atoms. The third-order valence-electron chi connectivity index (χ3n) is 4.10. The van der Waals surface area contributed by atoms with E-state index in [2.05, 4.69) is 32.7 Å². The van der Waals surface area contributed by atoms with E-state index in [1.165, 1.54) is 32.1 Å². The molecule has 0 saturated heterocycles. The van der Waals surface area contributed by atoms with Crippen molar-refractivity contribution in [2.45, 2.75) is 39.0 Å². The van der Waals surface area contributed by atoms with Gasteiger partial charge in [-0.25, -0.2) is 0 Å². The van der Waals surface area contributed by atoms with Gasteiger partial charge in [0, 0.05) is 6.54 Å². The Bertz CT molecular complexity index is 529. The second-order valence-electron chi connectivity index (χ2n) is 5.58. The minimum Gasteiger partial charge on any atom is -0.369 e. The van der Waals surface area contributed by atoms with E-state index in [4.69, 9.17) is 0 Å². The van der Waals surface area contributed by atoms with Crippen LogP contribution < -0.4 is 5.32 Å². The van der Waals surface area contributed by atoms with Crippen LogP contribution in [0.5, 0.6) is 0 Å². The topological polar surface area (TPSA) is 68.0 Å². The first kappa shape index (κ1) is 12.3. The molecule has 6 heteroatoms. The highest BCUT2D eigenvalue weighted by Crippen LogP contribution is 2.30. The van der Waals surface area contributed by atoms with Gasteiger partial charge >= 0.3 is 0 Å². The maximum absolute atomic E-state index is 4.13. The number of nitrogens with one attached hydrogen (secondary N) is 1. The van der Waals surface area contributed by atoms with Gasteiger partial charge in [-0.3, -0.25) is 4.98 Å². The van der Waals surface area contributed by atoms with E-state index in [0.29, 0.717) is 5.65 Å². The van der Waals surface area contributed by atoms with Crippen molar-refractivity contribution in [2.75, 3.05) is 11.9 Å². The van der Waals surface area contributed by atoms with Crippen LogP contribution in [0.2, 0.25) is 0 Å². The molecular formula is C13H20N6. The molecule has 1 aliphatic carbocycles. The molecule has 3 rings (SSSR count). The lowest BCUT2D eigenvalue weighted by Gasteiger charge is -2.26. The van der Waals surface area contributed by atoms with E-state index in [9.17, 15) is 0 Å². The molecule has 0 aromatic carbocycles. The normalized spacial score (nSPS) is 23.6. The maximum atomic E-state index is 4.13. The Hall–Kier alpha value is -1.72. The Morgan fingerprint density at radius 3 is 2.95 bits per heavy atom. The predicted octanol–water partition coefficient (Wildman–Crippen LogP) is 2.15. The summed E-state index contributed by atoms with van der Waals surface area (Å²) in [6, 6.07) is 0. The standard InChI is InChI=1S/C13H20N6/c1-10-2-4-11(5-3-10)6-7-15-12-8-14-9-13-16-17-18-19(12)13/h8-11,15H,2-7H2,1H3. The number of aromatic nitrogens is 5. The van der Waals surface area contributed by atoms with E-state index in [-0.39, 0.29) is 0 Å². The highest BCUT2D eigenvalue weighted by Gasteiger charge is 2.17. The molecule has 1 aliphatic rings. The lowest BCUT2D eigenvalue weighted by Crippen LogP contribution is -2.16. The van der Waals surface area contributed by atoms with Crippen LogP contribution in [0.4, 0.5) is 5.82 Å². The maximum Gasteiger partial charge on any atom is 0.199 e. The molecule has 2 heterocycles. The first-order chi connectivity index (χ1) is 9.33. The summed E-state index contributed by atoms with van der Waals surface area (Å²) < 4.78 is 1.69. The molecule has 102 valence electrons. The highest BCUT2D eigenvalue weighted by molar-refractivity contribution is 5.43. The number of rotatable bonds is 4. The van der Waals surface area contributed by atoms with Gasteiger partial charge < -0.3 is 5.32 Å². The van der Waals surface area contributed by atoms with Gasteiger partial charge in [0.15, 0.2) is 5.65 Å². The van der Waals surface area contributed by atoms with Gasteiger partial charge in [-0.2, -0.15) is 4.52 Å². The molecule has 0 radical (unpaired) electrons. The van der Waals surface area contributed by atoms with Crippen LogP contribution in [0.15, 0.2) is 12.4 Å². The highest BCUT2D eigenvalue weighted by atomic mass is 15.5. The molecular weight excluding hydrogens is 240 g/mol. The van der Waals surface area contributed by atoms with Crippen molar-refractivity contribution in [1.82, 2.24) is 25.0 Å². The third-order valence-corrected chi connectivity index (χ3v) is 4.10. The molecule has 2 aromatic heterocycles. The predicted molar refractivity (Wildman–Crippen MR) is 72.8 cm³/mol. The molecule has 0 atom stereocenters. The van der Waals surface area contributed by atoms with Crippen molar-refractivity contribution in [2.24, 2.45) is 11.8 Å². The molecule has 2 aromatic rings. The number of hydrogen-bond donors (Lipinski definition) is 1. The summed E-state index contributed by atoms with van der Waals surface area (Å²) >= 11 is 0. The number of fused-ring (bicyclic) bond motifs is 1. The first-order valence-corrected chi connectivity index (χ1v) is 7.09. The van der Waals surface area contributed by atoms with Gasteiger partial charge in [-0.15, -0.1) is 5.10 Å². The summed E-state index contributed by atoms with van der Waals surface area (Å²) in [7, 11) is 0. The zero-order valence-corrected chi connectivity index (χ0v) is 11.3. The van der Waals surface area contributed by atoms with Crippen molar-refractivity contribution in [3.63, 3.8) is 0 Å². The number of tetrazole rings is 1. The monoisotopic (exact) mass is 260 g/mol. The molecule has 1 N–H and O–H groups in total. The second kappa shape index (κ2) is 5.50. The van der Waals surface area contributed by atoms with Crippen molar-refractivity contribution in [1.29, 1.82) is 0 Å². The largest absolute Gasteiger partial charge is 0.369 e. The van der Waals surface area contributed by atoms with Gasteiger partial charge in [0.2, 0.25) is 0 Å². The minimum atomic E-state index is 0.677. The zero-order chi connectivity index (χ0) is 13.1. The van der Waals surface area contributed by atoms with Gasteiger partial charge in [0.05, 0.1) is 12.4 Å². The summed E-state index contributed by atoms with van der Waals surface area (Å²) in [6.07, 6.45) is 10.2. The summed E-state index contributed by atoms with van der Waals surface area (Å²) in [4.78, 5) is 4.13. The zero-order valence-electron chi connectivity index (χ0n) is 11.3. The molecule has 0 spiro atoms. The van der Waals surface area contributed by atoms with E-state index in [1.54, 1.807) is 16.9 Å². The molecule has 0 unspecified atom stereocenters. The number of nitrogens with zero attached hydrogens (tertiary/aromatic N) is 5. The molecule has 1 saturated carbocycles. The van der Waals surface area contributed by atoms with Crippen molar-refractivity contribution >= 4 is 11.5 Å². The number of anilines is 1. The summed E-state index contributed by atoms with van der Waals surface area (Å²) in [5.41, 5.74) is 0.677. The fourth-order valence-electron chi connectivity index (χ4n) is 2.82. The van der Waals surface area contributed by atoms with Crippen LogP contribution in [0.25, 0.3) is 5.65 Å². The van der Waals surface area contributed by atoms with Gasteiger partial charge in [0.1, 0.15) is 5.82 Å². The van der Waals surface area contributed by atoms with E-state index >= 15 is 0 Å². The average Bonchev–Trinajstić information content (AvgIpc) is 2.90. The third kappa shape index (κ3) is 2.83. The Labute approximate surface area is 112 Å². The minimum absolute atomic E-state index is 0.677. The van der Waals surface area contributed by atoms with Crippen LogP contribution in [-0.2, 0) is 0 Å². The van der Waals surface area contributed by atoms with Gasteiger partial charge in [0.25, 0.3) is 0 Å². The Morgan fingerprint density at radius 2 is 2.11 bits per heavy atom. The van der Waals surface area contributed by atoms with Crippen molar-refractivity contribution in [3.8, 4) is 0 Å². The number of hydrogen-bond acceptors (Lipinski definition) is 5. The van der Waals surface area contributed by atoms with E-state index in [0.717, 1.165) is 24.2 Å². The Balaban J connectivity index is 1.53. The average molecular weight is 260 g/mol. The quantitative estimate of drug-likeness (QED) is 0.912. The lowest BCUT2D eigenvalue weighted by atomic mass is 9.81. The molecule has 0 bridgehead atoms. The fraction of sp³-hybridized carbons (Fsp3) is 0.692. The summed E-state index contributed by atoms with van der Waals surface area (Å²) in [5, 5.41) is 14.9. The second-order valence-corrected chi connectivity index (χ2v) is 5.58. The molecule has 1 fully saturated rings. The summed E-state index contributed by atoms with van der Waals surface area (Å²) in [5.74, 6) is 2.65. The van der Waals surface area contributed by atoms with Crippen LogP contribution in [0, 0.1) is 11.8 Å². The van der Waals surface area contributed by atoms with Gasteiger partial charge in [-0.05, 0) is 28.7 Å². The SMILES string of the molecule is CC1CCC(CCNc2cncc3nnnn23)CC1. The van der Waals surface area contributed by atoms with Crippen molar-refractivity contribution in [3.05, 3.63) is 12.4 Å². The first-order valence-electron chi connectivity index (χ1n) is 7.09. The molecule has 0 amide bonds. The molecule has 0 aliphatic heterocycles. The lowest BCUT2D eigenvalue weighted by molar-refractivity contribution is 0.282. The van der Waals surface area contributed by atoms with Crippen LogP contribution >= 0.6 is 0 Å². The van der Waals surface area contributed by atoms with Crippen LogP contribution in [0.3, 0.4) is 0 Å². The fourth-order valence-corrected chi connectivity index (χ4v) is 2.82. The van der Waals surface area contributed by atoms with E-state index < -0.39 is 0 Å². The smallest absolute Gasteiger partial charge is 0.199 e. The Kier molecular flexibility index (Phi) is 3.57. The summed E-state index contributed by atoms with van der Waals surface area (Å²) in [6.45, 7) is 3.32. The van der Waals surface area contributed by atoms with Crippen LogP contribution in [-0.4, -0.2) is 31.6 Å². The Morgan fingerprint density at radius 1 is 1.26 bits per heavy atom.